The van der Waals surface area contributed by atoms with E-state index in [1.807, 2.05) is 41.5 Å². The zero-order valence-electron chi connectivity index (χ0n) is 18.4. The van der Waals surface area contributed by atoms with Crippen LogP contribution in [0.2, 0.25) is 0 Å². The van der Waals surface area contributed by atoms with Gasteiger partial charge in [0.1, 0.15) is 12.4 Å². The Labute approximate surface area is 172 Å². The first-order valence-corrected chi connectivity index (χ1v) is 9.53. The maximum atomic E-state index is 13.0. The lowest BCUT2D eigenvalue weighted by Crippen LogP contribution is -2.53. The van der Waals surface area contributed by atoms with E-state index in [-0.39, 0.29) is 42.9 Å². The molecule has 0 bridgehead atoms. The molecule has 2 N–H and O–H groups in total. The number of carbonyl (C=O) groups is 3. The Bertz CT molecular complexity index is 721. The number of hydrogen-bond acceptors (Lipinski definition) is 4. The fraction of sp³-hybridized carbons (Fsp3) is 0.571. The van der Waals surface area contributed by atoms with Gasteiger partial charge in [-0.1, -0.05) is 0 Å². The Balaban J connectivity index is 2.71. The van der Waals surface area contributed by atoms with E-state index in [9.17, 15) is 18.8 Å². The van der Waals surface area contributed by atoms with E-state index in [2.05, 4.69) is 10.6 Å². The highest BCUT2D eigenvalue weighted by molar-refractivity contribution is 5.95. The fourth-order valence-electron chi connectivity index (χ4n) is 2.65. The SMILES string of the molecule is CN(CC(=O)NC(C)(C)C)CC(=O)N(CC(=O)Nc1ccc(F)cc1)C(C)(C)C. The Morgan fingerprint density at radius 2 is 1.45 bits per heavy atom. The van der Waals surface area contributed by atoms with Crippen molar-refractivity contribution in [2.45, 2.75) is 52.6 Å². The van der Waals surface area contributed by atoms with E-state index >= 15 is 0 Å². The van der Waals surface area contributed by atoms with Crippen LogP contribution in [0.3, 0.4) is 0 Å². The molecular formula is C21H33FN4O3. The van der Waals surface area contributed by atoms with Crippen LogP contribution in [0, 0.1) is 5.82 Å². The van der Waals surface area contributed by atoms with Crippen LogP contribution < -0.4 is 10.6 Å². The topological polar surface area (TPSA) is 81.8 Å². The summed E-state index contributed by atoms with van der Waals surface area (Å²) < 4.78 is 13.0. The lowest BCUT2D eigenvalue weighted by Gasteiger charge is -2.36. The van der Waals surface area contributed by atoms with Crippen molar-refractivity contribution >= 4 is 23.4 Å². The highest BCUT2D eigenvalue weighted by atomic mass is 19.1. The molecule has 1 aromatic carbocycles. The number of nitrogens with zero attached hydrogens (tertiary/aromatic N) is 2. The number of carbonyl (C=O) groups excluding carboxylic acids is 3. The van der Waals surface area contributed by atoms with Crippen molar-refractivity contribution in [2.75, 3.05) is 32.0 Å². The molecule has 0 aliphatic carbocycles. The summed E-state index contributed by atoms with van der Waals surface area (Å²) in [4.78, 5) is 40.4. The number of rotatable bonds is 7. The average molecular weight is 409 g/mol. The van der Waals surface area contributed by atoms with E-state index in [4.69, 9.17) is 0 Å². The molecule has 0 aliphatic rings. The van der Waals surface area contributed by atoms with Crippen molar-refractivity contribution in [2.24, 2.45) is 0 Å². The summed E-state index contributed by atoms with van der Waals surface area (Å²) in [5, 5.41) is 5.51. The van der Waals surface area contributed by atoms with E-state index in [0.29, 0.717) is 5.69 Å². The molecule has 0 saturated heterocycles. The number of halogens is 1. The maximum absolute atomic E-state index is 13.0. The predicted molar refractivity (Wildman–Crippen MR) is 112 cm³/mol. The second kappa shape index (κ2) is 9.82. The quantitative estimate of drug-likeness (QED) is 0.725. The summed E-state index contributed by atoms with van der Waals surface area (Å²) in [5.41, 5.74) is -0.488. The minimum Gasteiger partial charge on any atom is -0.350 e. The maximum Gasteiger partial charge on any atom is 0.244 e. The Kier molecular flexibility index (Phi) is 8.32. The summed E-state index contributed by atoms with van der Waals surface area (Å²) in [6.45, 7) is 11.1. The first-order valence-electron chi connectivity index (χ1n) is 9.53. The highest BCUT2D eigenvalue weighted by Gasteiger charge is 2.29. The van der Waals surface area contributed by atoms with Gasteiger partial charge < -0.3 is 15.5 Å². The minimum atomic E-state index is -0.592. The number of anilines is 1. The van der Waals surface area contributed by atoms with Gasteiger partial charge in [0, 0.05) is 16.8 Å². The molecule has 0 spiro atoms. The van der Waals surface area contributed by atoms with Gasteiger partial charge in [0.25, 0.3) is 0 Å². The molecule has 7 nitrogen and oxygen atoms in total. The molecule has 29 heavy (non-hydrogen) atoms. The highest BCUT2D eigenvalue weighted by Crippen LogP contribution is 2.15. The largest absolute Gasteiger partial charge is 0.350 e. The number of nitrogens with one attached hydrogen (secondary N) is 2. The van der Waals surface area contributed by atoms with Crippen LogP contribution >= 0.6 is 0 Å². The van der Waals surface area contributed by atoms with Crippen LogP contribution in [0.1, 0.15) is 41.5 Å². The van der Waals surface area contributed by atoms with Crippen LogP contribution in [0.25, 0.3) is 0 Å². The van der Waals surface area contributed by atoms with Crippen LogP contribution in [0.15, 0.2) is 24.3 Å². The van der Waals surface area contributed by atoms with E-state index < -0.39 is 11.4 Å². The molecule has 0 heterocycles. The lowest BCUT2D eigenvalue weighted by molar-refractivity contribution is -0.140. The molecule has 0 aromatic heterocycles. The monoisotopic (exact) mass is 408 g/mol. The molecule has 162 valence electrons. The molecule has 0 fully saturated rings. The smallest absolute Gasteiger partial charge is 0.244 e. The Morgan fingerprint density at radius 3 is 1.93 bits per heavy atom. The van der Waals surface area contributed by atoms with Gasteiger partial charge in [0.05, 0.1) is 13.1 Å². The molecular weight excluding hydrogens is 375 g/mol. The normalized spacial score (nSPS) is 11.9. The van der Waals surface area contributed by atoms with Gasteiger partial charge in [0.2, 0.25) is 17.7 Å². The molecule has 0 atom stereocenters. The van der Waals surface area contributed by atoms with Gasteiger partial charge in [-0.2, -0.15) is 0 Å². The van der Waals surface area contributed by atoms with E-state index in [1.54, 1.807) is 11.9 Å². The van der Waals surface area contributed by atoms with Gasteiger partial charge in [0.15, 0.2) is 0 Å². The summed E-state index contributed by atoms with van der Waals surface area (Å²) in [6, 6.07) is 5.41. The predicted octanol–water partition coefficient (Wildman–Crippen LogP) is 2.24. The first-order chi connectivity index (χ1) is 13.2. The molecule has 0 radical (unpaired) electrons. The molecule has 1 rings (SSSR count). The number of amides is 3. The summed E-state index contributed by atoms with van der Waals surface area (Å²) in [6.07, 6.45) is 0. The van der Waals surface area contributed by atoms with Crippen molar-refractivity contribution in [1.29, 1.82) is 0 Å². The van der Waals surface area contributed by atoms with Crippen LogP contribution in [0.5, 0.6) is 0 Å². The van der Waals surface area contributed by atoms with Crippen molar-refractivity contribution in [3.63, 3.8) is 0 Å². The summed E-state index contributed by atoms with van der Waals surface area (Å²) >= 11 is 0. The fourth-order valence-corrected chi connectivity index (χ4v) is 2.65. The summed E-state index contributed by atoms with van der Waals surface area (Å²) in [5.74, 6) is -1.22. The van der Waals surface area contributed by atoms with Crippen molar-refractivity contribution in [3.05, 3.63) is 30.1 Å². The van der Waals surface area contributed by atoms with Crippen LogP contribution in [0.4, 0.5) is 10.1 Å². The standard InChI is InChI=1S/C21H33FN4O3/c1-20(2,3)24-18(28)12-25(7)14-19(29)26(21(4,5)6)13-17(27)23-16-10-8-15(22)9-11-16/h8-11H,12-14H2,1-7H3,(H,23,27)(H,24,28). The van der Waals surface area contributed by atoms with Crippen LogP contribution in [-0.2, 0) is 14.4 Å². The Hall–Kier alpha value is -2.48. The number of hydrogen-bond donors (Lipinski definition) is 2. The van der Waals surface area contributed by atoms with Crippen LogP contribution in [-0.4, -0.2) is 65.3 Å². The molecule has 1 aromatic rings. The number of likely N-dealkylation sites (N-methyl/N-ethyl adjacent to an activating group) is 1. The minimum absolute atomic E-state index is 0.00133. The first kappa shape index (κ1) is 24.6. The van der Waals surface area contributed by atoms with Gasteiger partial charge in [-0.3, -0.25) is 19.3 Å². The van der Waals surface area contributed by atoms with Gasteiger partial charge >= 0.3 is 0 Å². The zero-order chi connectivity index (χ0) is 22.4. The van der Waals surface area contributed by atoms with Gasteiger partial charge in [-0.05, 0) is 72.9 Å². The molecule has 3 amide bonds. The lowest BCUT2D eigenvalue weighted by atomic mass is 10.1. The third-order valence-electron chi connectivity index (χ3n) is 3.87. The summed E-state index contributed by atoms with van der Waals surface area (Å²) in [7, 11) is 1.68. The third-order valence-corrected chi connectivity index (χ3v) is 3.87. The van der Waals surface area contributed by atoms with Gasteiger partial charge in [-0.25, -0.2) is 4.39 Å². The number of benzene rings is 1. The molecule has 0 unspecified atom stereocenters. The van der Waals surface area contributed by atoms with Crippen molar-refractivity contribution in [3.8, 4) is 0 Å². The molecule has 0 aliphatic heterocycles. The van der Waals surface area contributed by atoms with E-state index in [1.165, 1.54) is 29.2 Å². The molecule has 0 saturated carbocycles. The Morgan fingerprint density at radius 1 is 0.897 bits per heavy atom. The third kappa shape index (κ3) is 9.51. The van der Waals surface area contributed by atoms with E-state index in [0.717, 1.165) is 0 Å². The van der Waals surface area contributed by atoms with Gasteiger partial charge in [-0.15, -0.1) is 0 Å². The zero-order valence-corrected chi connectivity index (χ0v) is 18.4. The second-order valence-corrected chi connectivity index (χ2v) is 9.18. The van der Waals surface area contributed by atoms with Crippen molar-refractivity contribution < 1.29 is 18.8 Å². The molecule has 8 heteroatoms. The van der Waals surface area contributed by atoms with Crippen molar-refractivity contribution in [1.82, 2.24) is 15.1 Å². The second-order valence-electron chi connectivity index (χ2n) is 9.18. The average Bonchev–Trinajstić information content (AvgIpc) is 2.51.